The molecule has 0 aliphatic carbocycles. The maximum atomic E-state index is 12.8. The number of benzene rings is 2. The average molecular weight is 329 g/mol. The maximum absolute atomic E-state index is 12.8. The van der Waals surface area contributed by atoms with Crippen LogP contribution >= 0.6 is 0 Å². The summed E-state index contributed by atoms with van der Waals surface area (Å²) in [7, 11) is 0. The second-order valence-electron chi connectivity index (χ2n) is 6.17. The number of amides is 1. The van der Waals surface area contributed by atoms with Crippen LogP contribution in [0.1, 0.15) is 32.7 Å². The molecule has 4 nitrogen and oxygen atoms in total. The Bertz CT molecular complexity index is 975. The second kappa shape index (κ2) is 6.66. The van der Waals surface area contributed by atoms with Gasteiger partial charge in [-0.2, -0.15) is 5.26 Å². The lowest BCUT2D eigenvalue weighted by molar-refractivity contribution is 0.102. The summed E-state index contributed by atoms with van der Waals surface area (Å²) in [6, 6.07) is 17.4. The first-order valence-electron chi connectivity index (χ1n) is 8.06. The summed E-state index contributed by atoms with van der Waals surface area (Å²) >= 11 is 0. The van der Waals surface area contributed by atoms with Crippen molar-refractivity contribution in [2.75, 3.05) is 5.32 Å². The van der Waals surface area contributed by atoms with E-state index < -0.39 is 0 Å². The van der Waals surface area contributed by atoms with E-state index in [9.17, 15) is 10.1 Å². The number of nitrogens with one attached hydrogen (secondary N) is 1. The van der Waals surface area contributed by atoms with Gasteiger partial charge < -0.3 is 9.88 Å². The van der Waals surface area contributed by atoms with Crippen LogP contribution in [-0.2, 0) is 0 Å². The molecular formula is C21H19N3O. The Morgan fingerprint density at radius 3 is 2.36 bits per heavy atom. The normalized spacial score (nSPS) is 10.3. The van der Waals surface area contributed by atoms with Crippen LogP contribution in [0.5, 0.6) is 0 Å². The van der Waals surface area contributed by atoms with Gasteiger partial charge in [0.1, 0.15) is 11.8 Å². The van der Waals surface area contributed by atoms with Crippen LogP contribution in [0.3, 0.4) is 0 Å². The number of aromatic nitrogens is 1. The molecule has 25 heavy (non-hydrogen) atoms. The zero-order valence-electron chi connectivity index (χ0n) is 14.5. The van der Waals surface area contributed by atoms with Crippen LogP contribution in [0.2, 0.25) is 0 Å². The van der Waals surface area contributed by atoms with Gasteiger partial charge in [0, 0.05) is 17.6 Å². The largest absolute Gasteiger partial charge is 0.321 e. The molecule has 1 N–H and O–H groups in total. The molecule has 0 atom stereocenters. The van der Waals surface area contributed by atoms with Crippen LogP contribution < -0.4 is 5.32 Å². The summed E-state index contributed by atoms with van der Waals surface area (Å²) in [5.74, 6) is -0.300. The number of carbonyl (C=O) groups excluding carboxylic acids is 1. The van der Waals surface area contributed by atoms with Crippen LogP contribution in [0.4, 0.5) is 5.69 Å². The van der Waals surface area contributed by atoms with Gasteiger partial charge >= 0.3 is 0 Å². The number of nitriles is 1. The minimum Gasteiger partial charge on any atom is -0.321 e. The molecule has 0 aliphatic rings. The number of nitrogens with zero attached hydrogens (tertiary/aromatic N) is 2. The van der Waals surface area contributed by atoms with Crippen molar-refractivity contribution in [2.24, 2.45) is 0 Å². The lowest BCUT2D eigenvalue weighted by atomic mass is 10.1. The second-order valence-corrected chi connectivity index (χ2v) is 6.17. The molecule has 0 saturated carbocycles. The first-order chi connectivity index (χ1) is 12.0. The number of rotatable bonds is 3. The quantitative estimate of drug-likeness (QED) is 0.767. The van der Waals surface area contributed by atoms with E-state index in [-0.39, 0.29) is 5.91 Å². The van der Waals surface area contributed by atoms with Gasteiger partial charge in [-0.05, 0) is 56.2 Å². The monoisotopic (exact) mass is 329 g/mol. The predicted octanol–water partition coefficient (Wildman–Crippen LogP) is 4.53. The molecule has 0 radical (unpaired) electrons. The highest BCUT2D eigenvalue weighted by Gasteiger charge is 2.19. The van der Waals surface area contributed by atoms with Gasteiger partial charge in [-0.25, -0.2) is 0 Å². The van der Waals surface area contributed by atoms with E-state index in [1.807, 2.05) is 63.2 Å². The lowest BCUT2D eigenvalue weighted by Crippen LogP contribution is -2.18. The zero-order valence-corrected chi connectivity index (χ0v) is 14.5. The predicted molar refractivity (Wildman–Crippen MR) is 99.1 cm³/mol. The van der Waals surface area contributed by atoms with E-state index in [2.05, 4.69) is 11.4 Å². The Kier molecular flexibility index (Phi) is 4.40. The first kappa shape index (κ1) is 16.5. The average Bonchev–Trinajstić information content (AvgIpc) is 3.03. The fourth-order valence-electron chi connectivity index (χ4n) is 2.76. The third kappa shape index (κ3) is 3.31. The van der Waals surface area contributed by atoms with Crippen molar-refractivity contribution < 1.29 is 4.79 Å². The van der Waals surface area contributed by atoms with Crippen molar-refractivity contribution in [1.82, 2.24) is 4.57 Å². The van der Waals surface area contributed by atoms with Gasteiger partial charge in [0.05, 0.1) is 5.56 Å². The number of anilines is 1. The van der Waals surface area contributed by atoms with Crippen molar-refractivity contribution >= 4 is 11.6 Å². The van der Waals surface area contributed by atoms with Gasteiger partial charge in [-0.3, -0.25) is 4.79 Å². The summed E-state index contributed by atoms with van der Waals surface area (Å²) in [5.41, 5.74) is 5.55. The minimum absolute atomic E-state index is 0.300. The van der Waals surface area contributed by atoms with Gasteiger partial charge in [-0.15, -0.1) is 0 Å². The van der Waals surface area contributed by atoms with Crippen molar-refractivity contribution in [1.29, 1.82) is 5.26 Å². The van der Waals surface area contributed by atoms with E-state index in [0.29, 0.717) is 16.9 Å². The van der Waals surface area contributed by atoms with Crippen molar-refractivity contribution in [3.8, 4) is 11.8 Å². The summed E-state index contributed by atoms with van der Waals surface area (Å²) in [6.45, 7) is 5.98. The molecule has 1 amide bonds. The van der Waals surface area contributed by atoms with Crippen LogP contribution in [0, 0.1) is 32.1 Å². The van der Waals surface area contributed by atoms with E-state index in [1.165, 1.54) is 0 Å². The fraction of sp³-hybridized carbons (Fsp3) is 0.143. The molecule has 0 aliphatic heterocycles. The number of hydrogen-bond acceptors (Lipinski definition) is 2. The van der Waals surface area contributed by atoms with Gasteiger partial charge in [0.25, 0.3) is 5.91 Å². The molecule has 1 aromatic heterocycles. The summed E-state index contributed by atoms with van der Waals surface area (Å²) in [6.07, 6.45) is 1.77. The lowest BCUT2D eigenvalue weighted by Gasteiger charge is -2.13. The molecule has 4 heteroatoms. The topological polar surface area (TPSA) is 57.8 Å². The van der Waals surface area contributed by atoms with Crippen molar-refractivity contribution in [2.45, 2.75) is 20.8 Å². The third-order valence-electron chi connectivity index (χ3n) is 4.16. The van der Waals surface area contributed by atoms with Gasteiger partial charge in [0.2, 0.25) is 0 Å². The molecule has 0 spiro atoms. The van der Waals surface area contributed by atoms with Crippen LogP contribution in [-0.4, -0.2) is 10.5 Å². The van der Waals surface area contributed by atoms with E-state index in [0.717, 1.165) is 22.4 Å². The van der Waals surface area contributed by atoms with Gasteiger partial charge in [0.15, 0.2) is 0 Å². The van der Waals surface area contributed by atoms with Crippen LogP contribution in [0.25, 0.3) is 5.69 Å². The van der Waals surface area contributed by atoms with E-state index in [1.54, 1.807) is 16.8 Å². The van der Waals surface area contributed by atoms with E-state index >= 15 is 0 Å². The van der Waals surface area contributed by atoms with Crippen molar-refractivity contribution in [3.05, 3.63) is 82.7 Å². The molecule has 2 aromatic carbocycles. The van der Waals surface area contributed by atoms with Gasteiger partial charge in [-0.1, -0.05) is 29.8 Å². The highest BCUT2D eigenvalue weighted by molar-refractivity contribution is 6.05. The Hall–Kier alpha value is -3.32. The molecule has 3 aromatic rings. The molecule has 1 heterocycles. The number of aryl methyl sites for hydroxylation is 3. The Morgan fingerprint density at radius 2 is 1.68 bits per heavy atom. The Balaban J connectivity index is 2.04. The minimum atomic E-state index is -0.300. The van der Waals surface area contributed by atoms with E-state index in [4.69, 9.17) is 0 Å². The molecular weight excluding hydrogens is 310 g/mol. The SMILES string of the molecule is Cc1ccc(NC(=O)c2c(C#N)ccn2-c2cc(C)ccc2C)cc1. The van der Waals surface area contributed by atoms with Crippen molar-refractivity contribution in [3.63, 3.8) is 0 Å². The third-order valence-corrected chi connectivity index (χ3v) is 4.16. The summed E-state index contributed by atoms with van der Waals surface area (Å²) in [4.78, 5) is 12.8. The maximum Gasteiger partial charge on any atom is 0.274 e. The number of hydrogen-bond donors (Lipinski definition) is 1. The Labute approximate surface area is 147 Å². The standard InChI is InChI=1S/C21H19N3O/c1-14-5-8-18(9-6-14)23-21(25)20-17(13-22)10-11-24(20)19-12-15(2)4-7-16(19)3/h4-12H,1-3H3,(H,23,25). The summed E-state index contributed by atoms with van der Waals surface area (Å²) < 4.78 is 1.78. The van der Waals surface area contributed by atoms with Crippen LogP contribution in [0.15, 0.2) is 54.7 Å². The highest BCUT2D eigenvalue weighted by Crippen LogP contribution is 2.22. The summed E-state index contributed by atoms with van der Waals surface area (Å²) in [5, 5.41) is 12.3. The first-order valence-corrected chi connectivity index (χ1v) is 8.06. The molecule has 0 saturated heterocycles. The molecule has 0 bridgehead atoms. The fourth-order valence-corrected chi connectivity index (χ4v) is 2.76. The molecule has 3 rings (SSSR count). The molecule has 124 valence electrons. The molecule has 0 fully saturated rings. The smallest absolute Gasteiger partial charge is 0.274 e. The Morgan fingerprint density at radius 1 is 1.00 bits per heavy atom. The zero-order chi connectivity index (χ0) is 18.0. The highest BCUT2D eigenvalue weighted by atomic mass is 16.2. The molecule has 0 unspecified atom stereocenters. The number of carbonyl (C=O) groups is 1.